The van der Waals surface area contributed by atoms with Gasteiger partial charge in [-0.05, 0) is 35.9 Å². The van der Waals surface area contributed by atoms with E-state index in [0.717, 1.165) is 38.8 Å². The summed E-state index contributed by atoms with van der Waals surface area (Å²) in [4.78, 5) is 0. The van der Waals surface area contributed by atoms with E-state index in [2.05, 4.69) is 30.3 Å². The van der Waals surface area contributed by atoms with Crippen LogP contribution in [0, 0.1) is 0 Å². The maximum atomic E-state index is 6.24. The van der Waals surface area contributed by atoms with Crippen LogP contribution in [0.1, 0.15) is 0 Å². The normalized spacial score (nSPS) is 10.7. The molecule has 24 heavy (non-hydrogen) atoms. The standard InChI is InChI=1S/C22H15ClO/c23-19-13-11-17(12-14-19)21-15-20(16-7-3-1-4-8-16)22(24-21)18-9-5-2-6-10-18/h1-15H. The first kappa shape index (κ1) is 14.8. The van der Waals surface area contributed by atoms with E-state index in [1.807, 2.05) is 60.7 Å². The number of hydrogen-bond acceptors (Lipinski definition) is 1. The average molecular weight is 331 g/mol. The van der Waals surface area contributed by atoms with Gasteiger partial charge in [0, 0.05) is 21.7 Å². The van der Waals surface area contributed by atoms with Crippen molar-refractivity contribution in [1.82, 2.24) is 0 Å². The summed E-state index contributed by atoms with van der Waals surface area (Å²) in [5, 5.41) is 0.719. The first-order valence-corrected chi connectivity index (χ1v) is 8.20. The zero-order valence-corrected chi connectivity index (χ0v) is 13.7. The van der Waals surface area contributed by atoms with E-state index in [9.17, 15) is 0 Å². The molecule has 0 atom stereocenters. The summed E-state index contributed by atoms with van der Waals surface area (Å²) in [7, 11) is 0. The lowest BCUT2D eigenvalue weighted by Gasteiger charge is -2.02. The van der Waals surface area contributed by atoms with Crippen LogP contribution < -0.4 is 0 Å². The Kier molecular flexibility index (Phi) is 3.94. The third kappa shape index (κ3) is 2.86. The van der Waals surface area contributed by atoms with Crippen LogP contribution in [0.2, 0.25) is 5.02 Å². The number of halogens is 1. The SMILES string of the molecule is Clc1ccc(-c2cc(-c3ccccc3)c(-c3ccccc3)o2)cc1. The second-order valence-electron chi connectivity index (χ2n) is 5.59. The molecule has 4 aromatic rings. The van der Waals surface area contributed by atoms with Crippen LogP contribution in [0.15, 0.2) is 95.4 Å². The molecule has 0 aliphatic heterocycles. The molecule has 0 saturated heterocycles. The molecule has 0 aliphatic carbocycles. The molecule has 1 nitrogen and oxygen atoms in total. The molecule has 0 radical (unpaired) electrons. The van der Waals surface area contributed by atoms with Gasteiger partial charge in [-0.1, -0.05) is 72.3 Å². The monoisotopic (exact) mass is 330 g/mol. The van der Waals surface area contributed by atoms with Crippen LogP contribution in [0.4, 0.5) is 0 Å². The topological polar surface area (TPSA) is 13.1 Å². The van der Waals surface area contributed by atoms with Gasteiger partial charge < -0.3 is 4.42 Å². The second-order valence-corrected chi connectivity index (χ2v) is 6.03. The molecule has 116 valence electrons. The highest BCUT2D eigenvalue weighted by Gasteiger charge is 2.15. The second kappa shape index (κ2) is 6.38. The Hall–Kier alpha value is -2.77. The van der Waals surface area contributed by atoms with E-state index in [1.165, 1.54) is 0 Å². The highest BCUT2D eigenvalue weighted by molar-refractivity contribution is 6.30. The van der Waals surface area contributed by atoms with E-state index in [-0.39, 0.29) is 0 Å². The van der Waals surface area contributed by atoms with E-state index in [1.54, 1.807) is 0 Å². The van der Waals surface area contributed by atoms with Crippen LogP contribution in [0.3, 0.4) is 0 Å². The third-order valence-electron chi connectivity index (χ3n) is 3.98. The predicted octanol–water partition coefficient (Wildman–Crippen LogP) is 6.93. The summed E-state index contributed by atoms with van der Waals surface area (Å²) < 4.78 is 6.24. The average Bonchev–Trinajstić information content (AvgIpc) is 3.09. The van der Waals surface area contributed by atoms with Crippen molar-refractivity contribution in [2.24, 2.45) is 0 Å². The van der Waals surface area contributed by atoms with Gasteiger partial charge in [0.25, 0.3) is 0 Å². The molecular weight excluding hydrogens is 316 g/mol. The Morgan fingerprint density at radius 3 is 1.79 bits per heavy atom. The van der Waals surface area contributed by atoms with Crippen LogP contribution in [0.5, 0.6) is 0 Å². The zero-order chi connectivity index (χ0) is 16.4. The van der Waals surface area contributed by atoms with E-state index in [0.29, 0.717) is 0 Å². The van der Waals surface area contributed by atoms with Crippen molar-refractivity contribution in [3.63, 3.8) is 0 Å². The summed E-state index contributed by atoms with van der Waals surface area (Å²) in [5.74, 6) is 1.72. The number of hydrogen-bond donors (Lipinski definition) is 0. The lowest BCUT2D eigenvalue weighted by atomic mass is 10.0. The molecule has 0 aliphatic rings. The van der Waals surface area contributed by atoms with Crippen molar-refractivity contribution in [3.8, 4) is 33.8 Å². The van der Waals surface area contributed by atoms with Crippen LogP contribution in [-0.2, 0) is 0 Å². The van der Waals surface area contributed by atoms with Gasteiger partial charge in [0.2, 0.25) is 0 Å². The molecule has 4 rings (SSSR count). The quantitative estimate of drug-likeness (QED) is 0.396. The lowest BCUT2D eigenvalue weighted by Crippen LogP contribution is -1.78. The van der Waals surface area contributed by atoms with Gasteiger partial charge >= 0.3 is 0 Å². The Balaban J connectivity index is 1.89. The van der Waals surface area contributed by atoms with E-state index < -0.39 is 0 Å². The molecule has 0 spiro atoms. The molecule has 0 N–H and O–H groups in total. The Morgan fingerprint density at radius 2 is 1.17 bits per heavy atom. The first-order chi connectivity index (χ1) is 11.8. The van der Waals surface area contributed by atoms with Crippen LogP contribution >= 0.6 is 11.6 Å². The fraction of sp³-hybridized carbons (Fsp3) is 0. The summed E-state index contributed by atoms with van der Waals surface area (Å²) in [5.41, 5.74) is 4.31. The summed E-state index contributed by atoms with van der Waals surface area (Å²) in [6.07, 6.45) is 0. The maximum Gasteiger partial charge on any atom is 0.142 e. The van der Waals surface area contributed by atoms with Crippen molar-refractivity contribution in [2.45, 2.75) is 0 Å². The maximum absolute atomic E-state index is 6.24. The molecule has 0 saturated carbocycles. The molecule has 0 bridgehead atoms. The Labute approximate surface area is 146 Å². The summed E-state index contributed by atoms with van der Waals surface area (Å²) >= 11 is 6.00. The van der Waals surface area contributed by atoms with Crippen molar-refractivity contribution < 1.29 is 4.42 Å². The molecule has 0 amide bonds. The van der Waals surface area contributed by atoms with Crippen molar-refractivity contribution in [3.05, 3.63) is 96.0 Å². The van der Waals surface area contributed by atoms with Crippen molar-refractivity contribution in [2.75, 3.05) is 0 Å². The van der Waals surface area contributed by atoms with Crippen LogP contribution in [-0.4, -0.2) is 0 Å². The minimum Gasteiger partial charge on any atom is -0.455 e. The minimum atomic E-state index is 0.719. The van der Waals surface area contributed by atoms with Gasteiger partial charge in [0.05, 0.1) is 0 Å². The Morgan fingerprint density at radius 1 is 0.583 bits per heavy atom. The molecule has 0 unspecified atom stereocenters. The number of furan rings is 1. The fourth-order valence-electron chi connectivity index (χ4n) is 2.78. The summed E-state index contributed by atoms with van der Waals surface area (Å²) in [6.45, 7) is 0. The van der Waals surface area contributed by atoms with Gasteiger partial charge in [0.1, 0.15) is 11.5 Å². The molecule has 1 aromatic heterocycles. The fourth-order valence-corrected chi connectivity index (χ4v) is 2.91. The molecular formula is C22H15ClO. The Bertz CT molecular complexity index is 881. The van der Waals surface area contributed by atoms with E-state index >= 15 is 0 Å². The van der Waals surface area contributed by atoms with Crippen molar-refractivity contribution >= 4 is 11.6 Å². The van der Waals surface area contributed by atoms with Gasteiger partial charge in [0.15, 0.2) is 0 Å². The third-order valence-corrected chi connectivity index (χ3v) is 4.23. The summed E-state index contributed by atoms with van der Waals surface area (Å²) in [6, 6.07) is 30.3. The molecule has 2 heteroatoms. The highest BCUT2D eigenvalue weighted by atomic mass is 35.5. The highest BCUT2D eigenvalue weighted by Crippen LogP contribution is 2.38. The van der Waals surface area contributed by atoms with Gasteiger partial charge in [-0.25, -0.2) is 0 Å². The van der Waals surface area contributed by atoms with Gasteiger partial charge in [-0.15, -0.1) is 0 Å². The zero-order valence-electron chi connectivity index (χ0n) is 12.9. The molecule has 1 heterocycles. The van der Waals surface area contributed by atoms with Gasteiger partial charge in [-0.3, -0.25) is 0 Å². The van der Waals surface area contributed by atoms with Crippen LogP contribution in [0.25, 0.3) is 33.8 Å². The number of benzene rings is 3. The van der Waals surface area contributed by atoms with E-state index in [4.69, 9.17) is 16.0 Å². The largest absolute Gasteiger partial charge is 0.455 e. The van der Waals surface area contributed by atoms with Crippen molar-refractivity contribution in [1.29, 1.82) is 0 Å². The molecule has 3 aromatic carbocycles. The molecule has 0 fully saturated rings. The predicted molar refractivity (Wildman–Crippen MR) is 100 cm³/mol. The minimum absolute atomic E-state index is 0.719. The lowest BCUT2D eigenvalue weighted by molar-refractivity contribution is 0.598. The first-order valence-electron chi connectivity index (χ1n) is 7.82. The van der Waals surface area contributed by atoms with Gasteiger partial charge in [-0.2, -0.15) is 0 Å². The number of rotatable bonds is 3. The smallest absolute Gasteiger partial charge is 0.142 e.